The van der Waals surface area contributed by atoms with Crippen LogP contribution in [0, 0.1) is 11.6 Å². The molecule has 110 valence electrons. The molecular formula is C17H16F2OS. The van der Waals surface area contributed by atoms with Crippen LogP contribution in [0.5, 0.6) is 0 Å². The molecular weight excluding hydrogens is 290 g/mol. The summed E-state index contributed by atoms with van der Waals surface area (Å²) in [6.07, 6.45) is 0. The smallest absolute Gasteiger partial charge is 0.176 e. The quantitative estimate of drug-likeness (QED) is 0.567. The number of ketones is 1. The highest BCUT2D eigenvalue weighted by Gasteiger charge is 2.13. The highest BCUT2D eigenvalue weighted by atomic mass is 32.2. The maximum absolute atomic E-state index is 13.5. The first-order valence-electron chi connectivity index (χ1n) is 6.68. The van der Waals surface area contributed by atoms with E-state index in [2.05, 4.69) is 13.8 Å². The summed E-state index contributed by atoms with van der Waals surface area (Å²) in [5.74, 6) is -1.17. The van der Waals surface area contributed by atoms with Gasteiger partial charge >= 0.3 is 0 Å². The van der Waals surface area contributed by atoms with Crippen LogP contribution in [-0.4, -0.2) is 11.5 Å². The van der Waals surface area contributed by atoms with Crippen molar-refractivity contribution in [2.75, 3.05) is 5.75 Å². The number of carbonyl (C=O) groups excluding carboxylic acids is 1. The molecule has 0 spiro atoms. The molecule has 0 atom stereocenters. The molecule has 0 aliphatic heterocycles. The van der Waals surface area contributed by atoms with Crippen molar-refractivity contribution in [1.29, 1.82) is 0 Å². The molecule has 2 aromatic rings. The van der Waals surface area contributed by atoms with Crippen molar-refractivity contribution < 1.29 is 13.6 Å². The summed E-state index contributed by atoms with van der Waals surface area (Å²) in [6.45, 7) is 4.22. The summed E-state index contributed by atoms with van der Waals surface area (Å²) >= 11 is 1.32. The number of thioether (sulfide) groups is 1. The van der Waals surface area contributed by atoms with E-state index in [0.29, 0.717) is 5.92 Å². The van der Waals surface area contributed by atoms with Gasteiger partial charge in [-0.3, -0.25) is 4.79 Å². The lowest BCUT2D eigenvalue weighted by molar-refractivity contribution is 0.101. The molecule has 0 aliphatic rings. The summed E-state index contributed by atoms with van der Waals surface area (Å²) in [6, 6.07) is 10.8. The van der Waals surface area contributed by atoms with Crippen molar-refractivity contribution >= 4 is 17.5 Å². The van der Waals surface area contributed by atoms with Gasteiger partial charge < -0.3 is 0 Å². The summed E-state index contributed by atoms with van der Waals surface area (Å²) in [7, 11) is 0. The van der Waals surface area contributed by atoms with Crippen molar-refractivity contribution in [1.82, 2.24) is 0 Å². The van der Waals surface area contributed by atoms with E-state index in [0.717, 1.165) is 23.1 Å². The number of hydrogen-bond donors (Lipinski definition) is 0. The summed E-state index contributed by atoms with van der Waals surface area (Å²) in [4.78, 5) is 12.9. The first-order valence-corrected chi connectivity index (χ1v) is 7.67. The number of benzene rings is 2. The molecule has 0 N–H and O–H groups in total. The normalized spacial score (nSPS) is 10.9. The molecule has 1 nitrogen and oxygen atoms in total. The largest absolute Gasteiger partial charge is 0.293 e. The van der Waals surface area contributed by atoms with Crippen LogP contribution < -0.4 is 0 Å². The summed E-state index contributed by atoms with van der Waals surface area (Å²) in [5, 5.41) is 0. The van der Waals surface area contributed by atoms with Gasteiger partial charge in [0, 0.05) is 4.90 Å². The molecule has 0 fully saturated rings. The molecule has 0 amide bonds. The predicted octanol–water partition coefficient (Wildman–Crippen LogP) is 5.06. The van der Waals surface area contributed by atoms with Crippen LogP contribution in [0.25, 0.3) is 0 Å². The van der Waals surface area contributed by atoms with Crippen LogP contribution in [0.2, 0.25) is 0 Å². The van der Waals surface area contributed by atoms with E-state index in [1.807, 2.05) is 24.3 Å². The van der Waals surface area contributed by atoms with Crippen LogP contribution >= 0.6 is 11.8 Å². The fourth-order valence-electron chi connectivity index (χ4n) is 1.89. The molecule has 0 radical (unpaired) electrons. The standard InChI is InChI=1S/C17H16F2OS/c1-11(2)12-3-6-14(7-4-12)21-10-17(20)15-9-13(18)5-8-16(15)19/h3-9,11H,10H2,1-2H3. The third-order valence-corrected chi connectivity index (χ3v) is 4.16. The van der Waals surface area contributed by atoms with Gasteiger partial charge in [-0.25, -0.2) is 8.78 Å². The van der Waals surface area contributed by atoms with Crippen molar-refractivity contribution in [3.8, 4) is 0 Å². The molecule has 21 heavy (non-hydrogen) atoms. The van der Waals surface area contributed by atoms with E-state index in [-0.39, 0.29) is 11.3 Å². The topological polar surface area (TPSA) is 17.1 Å². The van der Waals surface area contributed by atoms with Gasteiger partial charge in [-0.15, -0.1) is 11.8 Å². The average Bonchev–Trinajstić information content (AvgIpc) is 2.47. The lowest BCUT2D eigenvalue weighted by Gasteiger charge is -2.07. The first-order chi connectivity index (χ1) is 9.97. The molecule has 0 bridgehead atoms. The number of hydrogen-bond acceptors (Lipinski definition) is 2. The summed E-state index contributed by atoms with van der Waals surface area (Å²) < 4.78 is 26.6. The van der Waals surface area contributed by atoms with Crippen molar-refractivity contribution in [3.05, 3.63) is 65.2 Å². The van der Waals surface area contributed by atoms with E-state index in [4.69, 9.17) is 0 Å². The maximum atomic E-state index is 13.5. The number of rotatable bonds is 5. The molecule has 4 heteroatoms. The van der Waals surface area contributed by atoms with Crippen LogP contribution in [0.4, 0.5) is 8.78 Å². The van der Waals surface area contributed by atoms with Gasteiger partial charge in [-0.1, -0.05) is 26.0 Å². The zero-order valence-corrected chi connectivity index (χ0v) is 12.7. The minimum atomic E-state index is -0.683. The van der Waals surface area contributed by atoms with Gasteiger partial charge in [0.25, 0.3) is 0 Å². The van der Waals surface area contributed by atoms with Crippen molar-refractivity contribution in [3.63, 3.8) is 0 Å². The van der Waals surface area contributed by atoms with E-state index < -0.39 is 17.4 Å². The maximum Gasteiger partial charge on any atom is 0.176 e. The van der Waals surface area contributed by atoms with Crippen LogP contribution in [0.15, 0.2) is 47.4 Å². The van der Waals surface area contributed by atoms with Crippen molar-refractivity contribution in [2.45, 2.75) is 24.7 Å². The summed E-state index contributed by atoms with van der Waals surface area (Å²) in [5.41, 5.74) is 1.03. The minimum Gasteiger partial charge on any atom is -0.293 e. The van der Waals surface area contributed by atoms with E-state index in [1.54, 1.807) is 0 Å². The third kappa shape index (κ3) is 4.14. The Labute approximate surface area is 127 Å². The van der Waals surface area contributed by atoms with Crippen molar-refractivity contribution in [2.24, 2.45) is 0 Å². The Bertz CT molecular complexity index is 636. The van der Waals surface area contributed by atoms with Gasteiger partial charge in [0.1, 0.15) is 11.6 Å². The second kappa shape index (κ2) is 6.85. The van der Waals surface area contributed by atoms with E-state index in [9.17, 15) is 13.6 Å². The Balaban J connectivity index is 2.02. The second-order valence-corrected chi connectivity index (χ2v) is 6.11. The highest BCUT2D eigenvalue weighted by Crippen LogP contribution is 2.23. The Hall–Kier alpha value is -1.68. The average molecular weight is 306 g/mol. The third-order valence-electron chi connectivity index (χ3n) is 3.15. The van der Waals surface area contributed by atoms with Gasteiger partial charge in [0.05, 0.1) is 11.3 Å². The predicted molar refractivity (Wildman–Crippen MR) is 81.9 cm³/mol. The number of Topliss-reactive ketones (excluding diaryl/α,β-unsaturated/α-hetero) is 1. The monoisotopic (exact) mass is 306 g/mol. The Morgan fingerprint density at radius 2 is 1.76 bits per heavy atom. The lowest BCUT2D eigenvalue weighted by Crippen LogP contribution is -2.06. The zero-order chi connectivity index (χ0) is 15.4. The van der Waals surface area contributed by atoms with Gasteiger partial charge in [0.2, 0.25) is 0 Å². The molecule has 0 unspecified atom stereocenters. The van der Waals surface area contributed by atoms with E-state index in [1.165, 1.54) is 17.3 Å². The molecule has 0 aliphatic carbocycles. The van der Waals surface area contributed by atoms with Gasteiger partial charge in [-0.2, -0.15) is 0 Å². The Morgan fingerprint density at radius 3 is 2.38 bits per heavy atom. The fourth-order valence-corrected chi connectivity index (χ4v) is 2.67. The number of carbonyl (C=O) groups is 1. The lowest BCUT2D eigenvalue weighted by atomic mass is 10.0. The van der Waals surface area contributed by atoms with Gasteiger partial charge in [-0.05, 0) is 41.8 Å². The molecule has 0 heterocycles. The Kier molecular flexibility index (Phi) is 5.12. The minimum absolute atomic E-state index is 0.0847. The van der Waals surface area contributed by atoms with E-state index >= 15 is 0 Å². The molecule has 0 saturated carbocycles. The van der Waals surface area contributed by atoms with Crippen LogP contribution in [-0.2, 0) is 0 Å². The number of halogens is 2. The second-order valence-electron chi connectivity index (χ2n) is 5.06. The van der Waals surface area contributed by atoms with Crippen LogP contribution in [0.3, 0.4) is 0 Å². The first kappa shape index (κ1) is 15.7. The van der Waals surface area contributed by atoms with Crippen LogP contribution in [0.1, 0.15) is 35.7 Å². The molecule has 2 rings (SSSR count). The molecule has 2 aromatic carbocycles. The molecule has 0 aromatic heterocycles. The fraction of sp³-hybridized carbons (Fsp3) is 0.235. The zero-order valence-electron chi connectivity index (χ0n) is 11.9. The highest BCUT2D eigenvalue weighted by molar-refractivity contribution is 8.00. The Morgan fingerprint density at radius 1 is 1.10 bits per heavy atom. The SMILES string of the molecule is CC(C)c1ccc(SCC(=O)c2cc(F)ccc2F)cc1. The molecule has 0 saturated heterocycles. The van der Waals surface area contributed by atoms with Gasteiger partial charge in [0.15, 0.2) is 5.78 Å².